The highest BCUT2D eigenvalue weighted by Gasteiger charge is 2.38. The number of allylic oxidation sites excluding steroid dienone is 8. The Balaban J connectivity index is 1.44. The van der Waals surface area contributed by atoms with E-state index in [-0.39, 0.29) is 23.0 Å². The first kappa shape index (κ1) is 42.9. The largest absolute Gasteiger partial charge is 0.507 e. The molecular weight excluding hydrogens is 697 g/mol. The van der Waals surface area contributed by atoms with Crippen molar-refractivity contribution in [2.45, 2.75) is 165 Å². The third kappa shape index (κ3) is 8.85. The summed E-state index contributed by atoms with van der Waals surface area (Å²) in [6.45, 7) is 26.8. The minimum absolute atomic E-state index is 0.0905. The minimum atomic E-state index is -0.414. The number of benzene rings is 2. The Labute approximate surface area is 337 Å². The molecule has 2 aromatic rings. The topological polar surface area (TPSA) is 101 Å². The summed E-state index contributed by atoms with van der Waals surface area (Å²) in [6.07, 6.45) is 16.8. The van der Waals surface area contributed by atoms with Crippen LogP contribution in [0, 0.1) is 32.6 Å². The standard InChI is InChI=1S/C50H68O6/c1-28(2)16-13-17-29(3)18-14-19-30(4)20-15-26-50(12)27-25-40-35(9)45(52)37(11)42(49(40)56-50)43-41-22-21-31(5)55-48(41)39(36(10)47(43)54)24-23-38-34(8)44(51)32(6)33(7)46(38)53/h20-21,28-29,52-54H,8,13-19,22-27H2,1-7,9-12H3/p+1/b30-20+. The SMILES string of the molecule is C=C1C(=[OH+])C(C)=C(C)C(O)=C1CCc1c(C)c(O)c(-c2c(C)c(O)c(C)c3c2OC(C)(CC/C=C(\C)CCCC(C)CCCC(C)C)CC3)c2c1OC(C)=CC2. The second kappa shape index (κ2) is 17.5. The molecule has 0 aromatic heterocycles. The Bertz CT molecular complexity index is 2020. The predicted octanol–water partition coefficient (Wildman–Crippen LogP) is 13.2. The van der Waals surface area contributed by atoms with Crippen molar-refractivity contribution >= 4 is 5.78 Å². The van der Waals surface area contributed by atoms with Gasteiger partial charge in [0.2, 0.25) is 0 Å². The van der Waals surface area contributed by atoms with Crippen molar-refractivity contribution in [3.05, 3.63) is 91.5 Å². The van der Waals surface area contributed by atoms with E-state index >= 15 is 0 Å². The van der Waals surface area contributed by atoms with E-state index in [9.17, 15) is 20.1 Å². The summed E-state index contributed by atoms with van der Waals surface area (Å²) in [7, 11) is 0. The number of ketones is 1. The lowest BCUT2D eigenvalue weighted by Gasteiger charge is -2.39. The fraction of sp³-hybridized carbons (Fsp3) is 0.540. The average molecular weight is 766 g/mol. The number of aromatic hydroxyl groups is 2. The number of phenolic OH excluding ortho intramolecular Hbond substituents is 2. The van der Waals surface area contributed by atoms with Crippen molar-refractivity contribution in [2.24, 2.45) is 11.8 Å². The van der Waals surface area contributed by atoms with Crippen LogP contribution in [-0.4, -0.2) is 31.5 Å². The highest BCUT2D eigenvalue weighted by Crippen LogP contribution is 2.55. The third-order valence-electron chi connectivity index (χ3n) is 13.0. The van der Waals surface area contributed by atoms with E-state index in [0.29, 0.717) is 64.0 Å². The summed E-state index contributed by atoms with van der Waals surface area (Å²) in [5.41, 5.74) is 9.46. The van der Waals surface area contributed by atoms with Crippen LogP contribution < -0.4 is 9.47 Å². The number of carbonyl (C=O) groups excluding carboxylic acids is 1. The zero-order chi connectivity index (χ0) is 41.2. The molecule has 56 heavy (non-hydrogen) atoms. The molecule has 0 fully saturated rings. The van der Waals surface area contributed by atoms with Crippen molar-refractivity contribution in [2.75, 3.05) is 0 Å². The number of aliphatic hydroxyl groups excluding tert-OH is 1. The number of aliphatic hydroxyl groups is 1. The molecule has 1 aliphatic carbocycles. The summed E-state index contributed by atoms with van der Waals surface area (Å²) >= 11 is 0. The lowest BCUT2D eigenvalue weighted by atomic mass is 9.80. The second-order valence-corrected chi connectivity index (χ2v) is 17.9. The molecule has 4 N–H and O–H groups in total. The minimum Gasteiger partial charge on any atom is -0.507 e. The van der Waals surface area contributed by atoms with E-state index in [2.05, 4.69) is 47.3 Å². The van der Waals surface area contributed by atoms with Crippen molar-refractivity contribution < 1.29 is 29.6 Å². The van der Waals surface area contributed by atoms with Gasteiger partial charge in [-0.05, 0) is 142 Å². The zero-order valence-corrected chi connectivity index (χ0v) is 36.3. The van der Waals surface area contributed by atoms with Gasteiger partial charge in [-0.2, -0.15) is 0 Å². The molecule has 2 heterocycles. The maximum absolute atomic E-state index is 12.3. The molecule has 3 aliphatic rings. The van der Waals surface area contributed by atoms with E-state index in [1.54, 1.807) is 13.8 Å². The second-order valence-electron chi connectivity index (χ2n) is 17.9. The van der Waals surface area contributed by atoms with Crippen LogP contribution in [-0.2, 0) is 19.3 Å². The number of fused-ring (bicyclic) bond motifs is 2. The molecule has 304 valence electrons. The van der Waals surface area contributed by atoms with Crippen LogP contribution >= 0.6 is 0 Å². The van der Waals surface area contributed by atoms with Gasteiger partial charge >= 0.3 is 5.78 Å². The fourth-order valence-corrected chi connectivity index (χ4v) is 8.97. The lowest BCUT2D eigenvalue weighted by molar-refractivity contribution is 0.0574. The van der Waals surface area contributed by atoms with Gasteiger partial charge in [0, 0.05) is 44.5 Å². The number of phenols is 2. The molecule has 2 aliphatic heterocycles. The summed E-state index contributed by atoms with van der Waals surface area (Å²) in [4.78, 5) is 10.8. The maximum Gasteiger partial charge on any atom is 0.350 e. The molecule has 2 unspecified atom stereocenters. The Morgan fingerprint density at radius 2 is 1.57 bits per heavy atom. The first-order chi connectivity index (χ1) is 26.4. The van der Waals surface area contributed by atoms with E-state index < -0.39 is 5.60 Å². The van der Waals surface area contributed by atoms with E-state index in [1.165, 1.54) is 37.7 Å². The van der Waals surface area contributed by atoms with Crippen LogP contribution in [0.3, 0.4) is 0 Å². The molecule has 0 bridgehead atoms. The molecule has 0 radical (unpaired) electrons. The molecular formula is C50H69O6+. The van der Waals surface area contributed by atoms with Gasteiger partial charge in [0.15, 0.2) is 0 Å². The van der Waals surface area contributed by atoms with Crippen LogP contribution in [0.5, 0.6) is 23.0 Å². The number of hydrogen-bond acceptors (Lipinski definition) is 5. The van der Waals surface area contributed by atoms with Gasteiger partial charge < -0.3 is 24.8 Å². The molecule has 0 spiro atoms. The molecule has 0 saturated heterocycles. The van der Waals surface area contributed by atoms with Crippen LogP contribution in [0.1, 0.15) is 153 Å². The first-order valence-electron chi connectivity index (χ1n) is 21.1. The van der Waals surface area contributed by atoms with E-state index in [4.69, 9.17) is 9.47 Å². The number of ether oxygens (including phenoxy) is 2. The Morgan fingerprint density at radius 3 is 2.27 bits per heavy atom. The molecule has 0 saturated carbocycles. The highest BCUT2D eigenvalue weighted by atomic mass is 16.5. The van der Waals surface area contributed by atoms with Crippen LogP contribution in [0.15, 0.2) is 58.1 Å². The van der Waals surface area contributed by atoms with Gasteiger partial charge in [-0.25, -0.2) is 0 Å². The molecule has 0 amide bonds. The lowest BCUT2D eigenvalue weighted by Crippen LogP contribution is -2.37. The van der Waals surface area contributed by atoms with Crippen molar-refractivity contribution in [3.8, 4) is 34.1 Å². The third-order valence-corrected chi connectivity index (χ3v) is 13.0. The van der Waals surface area contributed by atoms with Crippen molar-refractivity contribution in [3.63, 3.8) is 0 Å². The summed E-state index contributed by atoms with van der Waals surface area (Å²) < 4.78 is 13.6. The molecule has 2 atom stereocenters. The molecule has 2 aromatic carbocycles. The quantitative estimate of drug-likeness (QED) is 0.0952. The number of rotatable bonds is 15. The average Bonchev–Trinajstić information content (AvgIpc) is 3.14. The number of hydrogen-bond donors (Lipinski definition) is 3. The molecule has 5 rings (SSSR count). The van der Waals surface area contributed by atoms with Gasteiger partial charge in [0.25, 0.3) is 0 Å². The molecule has 6 nitrogen and oxygen atoms in total. The Hall–Kier alpha value is -4.19. The van der Waals surface area contributed by atoms with Gasteiger partial charge in [-0.15, -0.1) is 0 Å². The summed E-state index contributed by atoms with van der Waals surface area (Å²) in [5, 5.41) is 34.9. The Kier molecular flexibility index (Phi) is 13.4. The van der Waals surface area contributed by atoms with Crippen LogP contribution in [0.2, 0.25) is 0 Å². The van der Waals surface area contributed by atoms with Crippen molar-refractivity contribution in [1.82, 2.24) is 0 Å². The van der Waals surface area contributed by atoms with E-state index in [0.717, 1.165) is 83.3 Å². The maximum atomic E-state index is 12.3. The van der Waals surface area contributed by atoms with Gasteiger partial charge in [0.05, 0.1) is 16.9 Å². The highest BCUT2D eigenvalue weighted by molar-refractivity contribution is 6.13. The molecule has 6 heteroatoms. The van der Waals surface area contributed by atoms with Crippen LogP contribution in [0.25, 0.3) is 11.1 Å². The fourth-order valence-electron chi connectivity index (χ4n) is 8.97. The first-order valence-corrected chi connectivity index (χ1v) is 21.1. The van der Waals surface area contributed by atoms with Gasteiger partial charge in [-0.1, -0.05) is 64.7 Å². The van der Waals surface area contributed by atoms with Crippen molar-refractivity contribution in [1.29, 1.82) is 0 Å². The van der Waals surface area contributed by atoms with Gasteiger partial charge in [-0.3, -0.25) is 4.79 Å². The smallest absolute Gasteiger partial charge is 0.350 e. The predicted molar refractivity (Wildman–Crippen MR) is 232 cm³/mol. The summed E-state index contributed by atoms with van der Waals surface area (Å²) in [6, 6.07) is 0. The monoisotopic (exact) mass is 766 g/mol. The zero-order valence-electron chi connectivity index (χ0n) is 36.3. The normalized spacial score (nSPS) is 19.2. The van der Waals surface area contributed by atoms with Crippen LogP contribution in [0.4, 0.5) is 0 Å². The summed E-state index contributed by atoms with van der Waals surface area (Å²) in [5.74, 6) is 4.35. The Morgan fingerprint density at radius 1 is 0.875 bits per heavy atom. The van der Waals surface area contributed by atoms with Gasteiger partial charge in [0.1, 0.15) is 34.4 Å². The van der Waals surface area contributed by atoms with E-state index in [1.807, 2.05) is 33.8 Å².